The first-order chi connectivity index (χ1) is 9.01. The fraction of sp³-hybridized carbons (Fsp3) is 0.615. The molecule has 3 N–H and O–H groups in total. The Hall–Kier alpha value is -1.43. The molecule has 1 atom stereocenters. The Kier molecular flexibility index (Phi) is 5.95. The Labute approximate surface area is 119 Å². The van der Waals surface area contributed by atoms with Crippen LogP contribution in [0.2, 0.25) is 0 Å². The van der Waals surface area contributed by atoms with E-state index in [1.54, 1.807) is 4.68 Å². The summed E-state index contributed by atoms with van der Waals surface area (Å²) in [6, 6.07) is 1.82. The van der Waals surface area contributed by atoms with E-state index in [1.165, 1.54) is 0 Å². The minimum atomic E-state index is -0.114. The molecule has 19 heavy (non-hydrogen) atoms. The minimum Gasteiger partial charge on any atom is -0.393 e. The third-order valence-corrected chi connectivity index (χ3v) is 3.17. The molecule has 0 fully saturated rings. The molecule has 0 radical (unpaired) electrons. The average Bonchev–Trinajstić information content (AvgIpc) is 2.80. The van der Waals surface area contributed by atoms with Crippen molar-refractivity contribution < 1.29 is 4.79 Å². The minimum absolute atomic E-state index is 0.0183. The van der Waals surface area contributed by atoms with Crippen LogP contribution in [0.25, 0.3) is 0 Å². The second-order valence-electron chi connectivity index (χ2n) is 4.44. The SMILES string of the molecule is CCc1cc(C(=O)NC(CC)CC(N)=S)n(CC)n1. The molecular weight excluding hydrogens is 260 g/mol. The Morgan fingerprint density at radius 3 is 2.68 bits per heavy atom. The van der Waals surface area contributed by atoms with E-state index in [1.807, 2.05) is 26.8 Å². The quantitative estimate of drug-likeness (QED) is 0.746. The maximum absolute atomic E-state index is 12.2. The molecule has 0 aliphatic rings. The molecule has 0 saturated carbocycles. The summed E-state index contributed by atoms with van der Waals surface area (Å²) < 4.78 is 1.72. The zero-order valence-corrected chi connectivity index (χ0v) is 12.6. The largest absolute Gasteiger partial charge is 0.393 e. The monoisotopic (exact) mass is 282 g/mol. The lowest BCUT2D eigenvalue weighted by Crippen LogP contribution is -2.38. The maximum Gasteiger partial charge on any atom is 0.269 e. The van der Waals surface area contributed by atoms with E-state index in [2.05, 4.69) is 10.4 Å². The van der Waals surface area contributed by atoms with Crippen LogP contribution in [-0.2, 0) is 13.0 Å². The van der Waals surface area contributed by atoms with Crippen molar-refractivity contribution >= 4 is 23.1 Å². The second kappa shape index (κ2) is 7.23. The molecule has 1 unspecified atom stereocenters. The zero-order valence-electron chi connectivity index (χ0n) is 11.8. The van der Waals surface area contributed by atoms with Gasteiger partial charge in [0.2, 0.25) is 0 Å². The van der Waals surface area contributed by atoms with Crippen molar-refractivity contribution in [2.24, 2.45) is 5.73 Å². The molecule has 1 amide bonds. The van der Waals surface area contributed by atoms with Crippen molar-refractivity contribution in [2.75, 3.05) is 0 Å². The van der Waals surface area contributed by atoms with Gasteiger partial charge in [0, 0.05) is 19.0 Å². The van der Waals surface area contributed by atoms with Gasteiger partial charge in [-0.25, -0.2) is 0 Å². The van der Waals surface area contributed by atoms with Crippen LogP contribution >= 0.6 is 12.2 Å². The van der Waals surface area contributed by atoms with Crippen molar-refractivity contribution in [2.45, 2.75) is 52.6 Å². The first kappa shape index (κ1) is 15.6. The number of thiocarbonyl (C=S) groups is 1. The predicted octanol–water partition coefficient (Wildman–Crippen LogP) is 1.65. The van der Waals surface area contributed by atoms with Gasteiger partial charge in [0.1, 0.15) is 5.69 Å². The summed E-state index contributed by atoms with van der Waals surface area (Å²) in [7, 11) is 0. The van der Waals surface area contributed by atoms with E-state index in [9.17, 15) is 4.79 Å². The number of nitrogens with one attached hydrogen (secondary N) is 1. The van der Waals surface area contributed by atoms with E-state index in [0.29, 0.717) is 23.6 Å². The summed E-state index contributed by atoms with van der Waals surface area (Å²) in [5.74, 6) is -0.114. The highest BCUT2D eigenvalue weighted by Crippen LogP contribution is 2.07. The maximum atomic E-state index is 12.2. The summed E-state index contributed by atoms with van der Waals surface area (Å²) in [5.41, 5.74) is 7.05. The van der Waals surface area contributed by atoms with Crippen molar-refractivity contribution in [3.8, 4) is 0 Å². The Balaban J connectivity index is 2.81. The van der Waals surface area contributed by atoms with E-state index >= 15 is 0 Å². The number of rotatable bonds is 7. The Morgan fingerprint density at radius 1 is 1.53 bits per heavy atom. The number of aryl methyl sites for hydroxylation is 2. The van der Waals surface area contributed by atoms with E-state index in [-0.39, 0.29) is 11.9 Å². The van der Waals surface area contributed by atoms with Gasteiger partial charge in [0.05, 0.1) is 10.7 Å². The van der Waals surface area contributed by atoms with Gasteiger partial charge in [-0.15, -0.1) is 0 Å². The topological polar surface area (TPSA) is 72.9 Å². The lowest BCUT2D eigenvalue weighted by molar-refractivity contribution is 0.0926. The van der Waals surface area contributed by atoms with Crippen LogP contribution in [0.5, 0.6) is 0 Å². The van der Waals surface area contributed by atoms with Gasteiger partial charge >= 0.3 is 0 Å². The number of hydrogen-bond acceptors (Lipinski definition) is 3. The highest BCUT2D eigenvalue weighted by molar-refractivity contribution is 7.80. The number of amides is 1. The van der Waals surface area contributed by atoms with Gasteiger partial charge < -0.3 is 11.1 Å². The highest BCUT2D eigenvalue weighted by Gasteiger charge is 2.17. The molecule has 1 aromatic rings. The summed E-state index contributed by atoms with van der Waals surface area (Å²) in [6.45, 7) is 6.66. The summed E-state index contributed by atoms with van der Waals surface area (Å²) in [6.07, 6.45) is 2.14. The normalized spacial score (nSPS) is 12.2. The number of hydrogen-bond donors (Lipinski definition) is 2. The molecule has 6 heteroatoms. The van der Waals surface area contributed by atoms with E-state index in [0.717, 1.165) is 18.5 Å². The predicted molar refractivity (Wildman–Crippen MR) is 80.2 cm³/mol. The number of carbonyl (C=O) groups is 1. The van der Waals surface area contributed by atoms with Crippen LogP contribution in [0.4, 0.5) is 0 Å². The molecule has 106 valence electrons. The van der Waals surface area contributed by atoms with Crippen molar-refractivity contribution in [3.63, 3.8) is 0 Å². The first-order valence-corrected chi connectivity index (χ1v) is 7.08. The van der Waals surface area contributed by atoms with Crippen molar-refractivity contribution in [3.05, 3.63) is 17.5 Å². The molecule has 0 aromatic carbocycles. The van der Waals surface area contributed by atoms with E-state index < -0.39 is 0 Å². The first-order valence-electron chi connectivity index (χ1n) is 6.67. The van der Waals surface area contributed by atoms with Crippen LogP contribution < -0.4 is 11.1 Å². The van der Waals surface area contributed by atoms with Crippen LogP contribution in [-0.4, -0.2) is 26.7 Å². The summed E-state index contributed by atoms with van der Waals surface area (Å²) >= 11 is 4.89. The van der Waals surface area contributed by atoms with Gasteiger partial charge in [-0.2, -0.15) is 5.10 Å². The third kappa shape index (κ3) is 4.31. The molecule has 1 rings (SSSR count). The smallest absolute Gasteiger partial charge is 0.269 e. The van der Waals surface area contributed by atoms with Gasteiger partial charge in [0.15, 0.2) is 0 Å². The lowest BCUT2D eigenvalue weighted by Gasteiger charge is -2.16. The fourth-order valence-corrected chi connectivity index (χ4v) is 2.07. The van der Waals surface area contributed by atoms with Gasteiger partial charge in [0.25, 0.3) is 5.91 Å². The Bertz CT molecular complexity index is 455. The molecule has 0 aliphatic carbocycles. The number of nitrogens with two attached hydrogens (primary N) is 1. The van der Waals surface area contributed by atoms with Crippen molar-refractivity contribution in [1.82, 2.24) is 15.1 Å². The molecule has 0 saturated heterocycles. The fourth-order valence-electron chi connectivity index (χ4n) is 1.87. The molecule has 0 spiro atoms. The highest BCUT2D eigenvalue weighted by atomic mass is 32.1. The number of aromatic nitrogens is 2. The summed E-state index contributed by atoms with van der Waals surface area (Å²) in [5, 5.41) is 7.33. The van der Waals surface area contributed by atoms with Crippen molar-refractivity contribution in [1.29, 1.82) is 0 Å². The molecule has 1 aromatic heterocycles. The zero-order chi connectivity index (χ0) is 14.4. The third-order valence-electron chi connectivity index (χ3n) is 3.00. The summed E-state index contributed by atoms with van der Waals surface area (Å²) in [4.78, 5) is 12.7. The molecule has 1 heterocycles. The van der Waals surface area contributed by atoms with Gasteiger partial charge in [-0.3, -0.25) is 9.48 Å². The second-order valence-corrected chi connectivity index (χ2v) is 4.96. The number of nitrogens with zero attached hydrogens (tertiary/aromatic N) is 2. The molecule has 5 nitrogen and oxygen atoms in total. The molecular formula is C13H22N4OS. The number of carbonyl (C=O) groups excluding carboxylic acids is 1. The van der Waals surface area contributed by atoms with Gasteiger partial charge in [-0.1, -0.05) is 26.1 Å². The van der Waals surface area contributed by atoms with Crippen LogP contribution in [0.1, 0.15) is 49.8 Å². The standard InChI is InChI=1S/C13H22N4OS/c1-4-9(8-12(14)19)15-13(18)11-7-10(5-2)16-17(11)6-3/h7,9H,4-6,8H2,1-3H3,(H2,14,19)(H,15,18). The van der Waals surface area contributed by atoms with Crippen LogP contribution in [0, 0.1) is 0 Å². The van der Waals surface area contributed by atoms with Crippen LogP contribution in [0.15, 0.2) is 6.07 Å². The average molecular weight is 282 g/mol. The van der Waals surface area contributed by atoms with E-state index in [4.69, 9.17) is 18.0 Å². The molecule has 0 aliphatic heterocycles. The van der Waals surface area contributed by atoms with Crippen LogP contribution in [0.3, 0.4) is 0 Å². The van der Waals surface area contributed by atoms with Gasteiger partial charge in [-0.05, 0) is 25.8 Å². The molecule has 0 bridgehead atoms. The lowest BCUT2D eigenvalue weighted by atomic mass is 10.1. The Morgan fingerprint density at radius 2 is 2.21 bits per heavy atom.